The van der Waals surface area contributed by atoms with Crippen LogP contribution in [0.3, 0.4) is 0 Å². The molecule has 55 heavy (non-hydrogen) atoms. The summed E-state index contributed by atoms with van der Waals surface area (Å²) in [6.45, 7) is 6.94. The van der Waals surface area contributed by atoms with Gasteiger partial charge in [0.2, 0.25) is 0 Å². The van der Waals surface area contributed by atoms with Crippen LogP contribution in [0.2, 0.25) is 5.02 Å². The SMILES string of the molecule is CCCCCCCCCCCCOC(=O)[C@H](C)OC(=O)c1ccc(OC(=O)c2ccc(-c3ccc(OCCCCCCCCCCCC)c(Cl)c3)cc2)cc1. The van der Waals surface area contributed by atoms with Crippen molar-refractivity contribution in [3.05, 3.63) is 82.9 Å². The Bertz CT molecular complexity index is 1520. The molecule has 3 aromatic carbocycles. The number of hydrogen-bond donors (Lipinski definition) is 0. The minimum absolute atomic E-state index is 0.229. The summed E-state index contributed by atoms with van der Waals surface area (Å²) in [6, 6.07) is 18.8. The number of benzene rings is 3. The van der Waals surface area contributed by atoms with Crippen molar-refractivity contribution in [3.8, 4) is 22.6 Å². The molecule has 7 nitrogen and oxygen atoms in total. The van der Waals surface area contributed by atoms with E-state index in [2.05, 4.69) is 13.8 Å². The number of carbonyl (C=O) groups is 3. The van der Waals surface area contributed by atoms with Gasteiger partial charge in [-0.1, -0.05) is 159 Å². The molecule has 1 atom stereocenters. The van der Waals surface area contributed by atoms with Crippen LogP contribution in [0, 0.1) is 0 Å². The predicted molar refractivity (Wildman–Crippen MR) is 223 cm³/mol. The molecule has 0 saturated carbocycles. The largest absolute Gasteiger partial charge is 0.492 e. The van der Waals surface area contributed by atoms with E-state index in [-0.39, 0.29) is 11.3 Å². The minimum atomic E-state index is -1.03. The summed E-state index contributed by atoms with van der Waals surface area (Å²) in [6.07, 6.45) is 23.7. The van der Waals surface area contributed by atoms with Crippen molar-refractivity contribution in [3.63, 3.8) is 0 Å². The van der Waals surface area contributed by atoms with E-state index in [0.29, 0.717) is 29.5 Å². The molecule has 3 rings (SSSR count). The van der Waals surface area contributed by atoms with Crippen LogP contribution >= 0.6 is 11.6 Å². The first kappa shape index (κ1) is 45.5. The van der Waals surface area contributed by atoms with E-state index >= 15 is 0 Å². The summed E-state index contributed by atoms with van der Waals surface area (Å²) < 4.78 is 22.1. The summed E-state index contributed by atoms with van der Waals surface area (Å²) >= 11 is 6.56. The number of unbranched alkanes of at least 4 members (excludes halogenated alkanes) is 18. The topological polar surface area (TPSA) is 88.1 Å². The molecule has 0 aliphatic heterocycles. The fourth-order valence-electron chi connectivity index (χ4n) is 6.35. The predicted octanol–water partition coefficient (Wildman–Crippen LogP) is 13.5. The van der Waals surface area contributed by atoms with Gasteiger partial charge < -0.3 is 18.9 Å². The summed E-state index contributed by atoms with van der Waals surface area (Å²) in [5.41, 5.74) is 2.42. The van der Waals surface area contributed by atoms with Gasteiger partial charge in [-0.3, -0.25) is 0 Å². The Morgan fingerprint density at radius 3 is 1.53 bits per heavy atom. The lowest BCUT2D eigenvalue weighted by molar-refractivity contribution is -0.153. The van der Waals surface area contributed by atoms with Crippen molar-refractivity contribution in [2.75, 3.05) is 13.2 Å². The second kappa shape index (κ2) is 27.7. The van der Waals surface area contributed by atoms with Gasteiger partial charge in [0.1, 0.15) is 11.5 Å². The van der Waals surface area contributed by atoms with Crippen LogP contribution in [-0.2, 0) is 14.3 Å². The number of rotatable bonds is 29. The fourth-order valence-corrected chi connectivity index (χ4v) is 6.58. The molecule has 0 fully saturated rings. The number of ether oxygens (including phenoxy) is 4. The lowest BCUT2D eigenvalue weighted by Gasteiger charge is -2.13. The van der Waals surface area contributed by atoms with Crippen molar-refractivity contribution in [1.82, 2.24) is 0 Å². The Labute approximate surface area is 335 Å². The molecular weight excluding hydrogens is 712 g/mol. The van der Waals surface area contributed by atoms with Gasteiger partial charge in [-0.15, -0.1) is 0 Å². The van der Waals surface area contributed by atoms with Crippen molar-refractivity contribution in [2.45, 2.75) is 155 Å². The lowest BCUT2D eigenvalue weighted by atomic mass is 10.0. The zero-order valence-corrected chi connectivity index (χ0v) is 34.5. The van der Waals surface area contributed by atoms with E-state index in [1.807, 2.05) is 30.3 Å². The average Bonchev–Trinajstić information content (AvgIpc) is 3.19. The molecule has 0 spiro atoms. The average molecular weight is 777 g/mol. The highest BCUT2D eigenvalue weighted by Gasteiger charge is 2.20. The summed E-state index contributed by atoms with van der Waals surface area (Å²) in [7, 11) is 0. The van der Waals surface area contributed by atoms with Crippen molar-refractivity contribution >= 4 is 29.5 Å². The quantitative estimate of drug-likeness (QED) is 0.0394. The van der Waals surface area contributed by atoms with Crippen LogP contribution in [-0.4, -0.2) is 37.2 Å². The Balaban J connectivity index is 1.33. The van der Waals surface area contributed by atoms with Gasteiger partial charge >= 0.3 is 17.9 Å². The molecule has 0 bridgehead atoms. The first-order valence-corrected chi connectivity index (χ1v) is 21.4. The highest BCUT2D eigenvalue weighted by atomic mass is 35.5. The first-order chi connectivity index (χ1) is 26.8. The second-order valence-electron chi connectivity index (χ2n) is 14.6. The number of esters is 3. The Morgan fingerprint density at radius 1 is 0.545 bits per heavy atom. The van der Waals surface area contributed by atoms with Crippen molar-refractivity contribution < 1.29 is 33.3 Å². The van der Waals surface area contributed by atoms with E-state index in [9.17, 15) is 14.4 Å². The van der Waals surface area contributed by atoms with Crippen LogP contribution in [0.25, 0.3) is 11.1 Å². The van der Waals surface area contributed by atoms with Gasteiger partial charge in [0.05, 0.1) is 29.4 Å². The molecule has 0 unspecified atom stereocenters. The maximum absolute atomic E-state index is 12.9. The van der Waals surface area contributed by atoms with Gasteiger partial charge in [0.25, 0.3) is 0 Å². The zero-order valence-electron chi connectivity index (χ0n) is 33.7. The van der Waals surface area contributed by atoms with Gasteiger partial charge in [0, 0.05) is 0 Å². The Morgan fingerprint density at radius 2 is 1.00 bits per heavy atom. The van der Waals surface area contributed by atoms with E-state index < -0.39 is 24.0 Å². The number of carbonyl (C=O) groups excluding carboxylic acids is 3. The molecule has 0 N–H and O–H groups in total. The highest BCUT2D eigenvalue weighted by Crippen LogP contribution is 2.31. The monoisotopic (exact) mass is 776 g/mol. The third-order valence-electron chi connectivity index (χ3n) is 9.80. The number of halogens is 1. The molecule has 3 aromatic rings. The zero-order chi connectivity index (χ0) is 39.5. The third kappa shape index (κ3) is 18.6. The van der Waals surface area contributed by atoms with E-state index in [4.69, 9.17) is 30.5 Å². The molecule has 0 heterocycles. The summed E-state index contributed by atoms with van der Waals surface area (Å²) in [5.74, 6) is -0.813. The molecule has 0 amide bonds. The lowest BCUT2D eigenvalue weighted by Crippen LogP contribution is -2.26. The molecular formula is C47H65ClO7. The summed E-state index contributed by atoms with van der Waals surface area (Å²) in [5, 5.41) is 0.550. The molecule has 0 aliphatic carbocycles. The fraction of sp³-hybridized carbons (Fsp3) is 0.553. The van der Waals surface area contributed by atoms with Gasteiger partial charge in [-0.2, -0.15) is 0 Å². The summed E-state index contributed by atoms with van der Waals surface area (Å²) in [4.78, 5) is 37.8. The van der Waals surface area contributed by atoms with Gasteiger partial charge in [-0.05, 0) is 79.4 Å². The molecule has 0 radical (unpaired) electrons. The molecule has 0 aliphatic rings. The molecule has 0 saturated heterocycles. The second-order valence-corrected chi connectivity index (χ2v) is 15.0. The van der Waals surface area contributed by atoms with E-state index in [1.165, 1.54) is 128 Å². The molecule has 302 valence electrons. The third-order valence-corrected chi connectivity index (χ3v) is 10.1. The van der Waals surface area contributed by atoms with E-state index in [0.717, 1.165) is 43.2 Å². The van der Waals surface area contributed by atoms with E-state index in [1.54, 1.807) is 12.1 Å². The van der Waals surface area contributed by atoms with Crippen LogP contribution in [0.5, 0.6) is 11.5 Å². The standard InChI is InChI=1S/C47H65ClO7/c1-4-6-8-10-12-14-16-18-20-22-34-52-44-33-30-41(36-43(44)48)38-24-26-39(27-25-38)47(51)55-42-31-28-40(29-32-42)46(50)54-37(3)45(49)53-35-23-21-19-17-15-13-11-9-7-5-2/h24-33,36-37H,4-23,34-35H2,1-3H3/t37-/m0/s1. The molecule has 0 aromatic heterocycles. The molecule has 8 heteroatoms. The van der Waals surface area contributed by atoms with Crippen molar-refractivity contribution in [1.29, 1.82) is 0 Å². The van der Waals surface area contributed by atoms with Gasteiger partial charge in [0.15, 0.2) is 6.10 Å². The minimum Gasteiger partial charge on any atom is -0.492 e. The highest BCUT2D eigenvalue weighted by molar-refractivity contribution is 6.32. The van der Waals surface area contributed by atoms with Crippen LogP contribution < -0.4 is 9.47 Å². The van der Waals surface area contributed by atoms with Crippen LogP contribution in [0.1, 0.15) is 170 Å². The van der Waals surface area contributed by atoms with Crippen LogP contribution in [0.15, 0.2) is 66.7 Å². The first-order valence-electron chi connectivity index (χ1n) is 21.0. The van der Waals surface area contributed by atoms with Gasteiger partial charge in [-0.25, -0.2) is 14.4 Å². The number of hydrogen-bond acceptors (Lipinski definition) is 7. The maximum atomic E-state index is 12.9. The van der Waals surface area contributed by atoms with Crippen LogP contribution in [0.4, 0.5) is 0 Å². The Kier molecular flexibility index (Phi) is 22.9. The normalized spacial score (nSPS) is 11.6. The Hall–Kier alpha value is -3.84. The smallest absolute Gasteiger partial charge is 0.347 e. The maximum Gasteiger partial charge on any atom is 0.347 e. The van der Waals surface area contributed by atoms with Crippen molar-refractivity contribution in [2.24, 2.45) is 0 Å².